The Morgan fingerprint density at radius 3 is 2.59 bits per heavy atom. The zero-order valence-electron chi connectivity index (χ0n) is 14.9. The Hall–Kier alpha value is -2.09. The lowest BCUT2D eigenvalue weighted by Crippen LogP contribution is -2.45. The molecule has 2 bridgehead atoms. The van der Waals surface area contributed by atoms with E-state index < -0.39 is 23.4 Å². The lowest BCUT2D eigenvalue weighted by Gasteiger charge is -2.31. The van der Waals surface area contributed by atoms with E-state index in [-0.39, 0.29) is 5.56 Å². The van der Waals surface area contributed by atoms with Gasteiger partial charge in [0, 0.05) is 24.1 Å². The second-order valence-corrected chi connectivity index (χ2v) is 7.90. The van der Waals surface area contributed by atoms with Crippen LogP contribution in [-0.2, 0) is 6.54 Å². The van der Waals surface area contributed by atoms with Crippen LogP contribution >= 0.6 is 0 Å². The van der Waals surface area contributed by atoms with E-state index in [1.807, 2.05) is 0 Å². The number of hydrogen-bond donors (Lipinski definition) is 2. The van der Waals surface area contributed by atoms with Gasteiger partial charge in [0.2, 0.25) is 5.95 Å². The van der Waals surface area contributed by atoms with Crippen LogP contribution in [0.2, 0.25) is 0 Å². The minimum absolute atomic E-state index is 0.149. The van der Waals surface area contributed by atoms with Gasteiger partial charge in [-0.1, -0.05) is 6.07 Å². The lowest BCUT2D eigenvalue weighted by atomic mass is 9.90. The molecule has 0 radical (unpaired) electrons. The zero-order valence-corrected chi connectivity index (χ0v) is 14.9. The van der Waals surface area contributed by atoms with Crippen molar-refractivity contribution in [3.8, 4) is 0 Å². The van der Waals surface area contributed by atoms with Crippen LogP contribution in [0.3, 0.4) is 0 Å². The molecule has 1 saturated carbocycles. The number of aromatic nitrogens is 3. The Labute approximate surface area is 155 Å². The fraction of sp³-hybridized carbons (Fsp3) is 0.579. The first-order valence-electron chi connectivity index (χ1n) is 9.67. The van der Waals surface area contributed by atoms with E-state index in [1.165, 1.54) is 18.9 Å². The lowest BCUT2D eigenvalue weighted by molar-refractivity contribution is 0.341. The Bertz CT molecular complexity index is 851. The topological polar surface area (TPSA) is 54.8 Å². The van der Waals surface area contributed by atoms with Crippen molar-refractivity contribution in [1.82, 2.24) is 20.1 Å². The van der Waals surface area contributed by atoms with E-state index in [9.17, 15) is 13.2 Å². The van der Waals surface area contributed by atoms with E-state index in [4.69, 9.17) is 0 Å². The molecule has 5 nitrogen and oxygen atoms in total. The van der Waals surface area contributed by atoms with E-state index >= 15 is 0 Å². The predicted molar refractivity (Wildman–Crippen MR) is 93.9 cm³/mol. The van der Waals surface area contributed by atoms with Gasteiger partial charge in [-0.2, -0.15) is 4.98 Å². The first kappa shape index (κ1) is 17.0. The average molecular weight is 377 g/mol. The minimum Gasteiger partial charge on any atom is -0.350 e. The molecule has 2 aliphatic heterocycles. The molecule has 2 fully saturated rings. The maximum absolute atomic E-state index is 14.3. The molecule has 2 N–H and O–H groups in total. The number of fused-ring (bicyclic) bond motifs is 3. The monoisotopic (exact) mass is 377 g/mol. The molecule has 3 aliphatic rings. The summed E-state index contributed by atoms with van der Waals surface area (Å²) in [6.07, 6.45) is 3.83. The molecule has 2 unspecified atom stereocenters. The summed E-state index contributed by atoms with van der Waals surface area (Å²) in [5.74, 6) is -1.80. The van der Waals surface area contributed by atoms with Gasteiger partial charge in [-0.05, 0) is 56.7 Å². The van der Waals surface area contributed by atoms with Crippen molar-refractivity contribution in [1.29, 1.82) is 0 Å². The fourth-order valence-electron chi connectivity index (χ4n) is 4.99. The van der Waals surface area contributed by atoms with Gasteiger partial charge < -0.3 is 10.6 Å². The highest BCUT2D eigenvalue weighted by Crippen LogP contribution is 2.37. The van der Waals surface area contributed by atoms with Crippen LogP contribution in [-0.4, -0.2) is 33.9 Å². The molecule has 1 aromatic heterocycles. The summed E-state index contributed by atoms with van der Waals surface area (Å²) in [6, 6.07) is 2.66. The number of nitrogens with zero attached hydrogens (tertiary/aromatic N) is 3. The van der Waals surface area contributed by atoms with Crippen molar-refractivity contribution in [2.75, 3.05) is 18.4 Å². The van der Waals surface area contributed by atoms with Gasteiger partial charge in [0.15, 0.2) is 17.5 Å². The molecule has 144 valence electrons. The van der Waals surface area contributed by atoms with Crippen LogP contribution in [0.25, 0.3) is 0 Å². The molecule has 1 aliphatic carbocycles. The number of anilines is 1. The molecule has 8 heteroatoms. The number of halogens is 3. The third-order valence-electron chi connectivity index (χ3n) is 6.35. The van der Waals surface area contributed by atoms with E-state index in [0.29, 0.717) is 42.6 Å². The van der Waals surface area contributed by atoms with Crippen LogP contribution in [0.4, 0.5) is 19.1 Å². The highest BCUT2D eigenvalue weighted by Gasteiger charge is 2.40. The maximum Gasteiger partial charge on any atom is 0.242 e. The molecule has 4 atom stereocenters. The maximum atomic E-state index is 14.3. The van der Waals surface area contributed by atoms with Crippen molar-refractivity contribution in [3.63, 3.8) is 0 Å². The van der Waals surface area contributed by atoms with Crippen LogP contribution in [0.5, 0.6) is 0 Å². The highest BCUT2D eigenvalue weighted by molar-refractivity contribution is 5.34. The van der Waals surface area contributed by atoms with Crippen molar-refractivity contribution in [3.05, 3.63) is 41.0 Å². The van der Waals surface area contributed by atoms with Gasteiger partial charge in [-0.3, -0.25) is 0 Å². The van der Waals surface area contributed by atoms with Gasteiger partial charge >= 0.3 is 0 Å². The Kier molecular flexibility index (Phi) is 4.11. The van der Waals surface area contributed by atoms with Crippen molar-refractivity contribution >= 4 is 5.95 Å². The third kappa shape index (κ3) is 2.81. The smallest absolute Gasteiger partial charge is 0.242 e. The molecule has 0 amide bonds. The number of nitrogens with one attached hydrogen (secondary N) is 2. The summed E-state index contributed by atoms with van der Waals surface area (Å²) in [4.78, 5) is 4.63. The molecule has 2 aromatic rings. The SMILES string of the molecule is Fc1ccc(C2CCCn3nc(NC4[C@@H]5CC[C@H]4CNC5)nc32)c(F)c1F. The largest absolute Gasteiger partial charge is 0.350 e. The van der Waals surface area contributed by atoms with Crippen molar-refractivity contribution in [2.24, 2.45) is 11.8 Å². The molecule has 1 aromatic carbocycles. The van der Waals surface area contributed by atoms with Gasteiger partial charge in [0.25, 0.3) is 0 Å². The van der Waals surface area contributed by atoms with Gasteiger partial charge in [0.05, 0.1) is 0 Å². The molecular formula is C19H22F3N5. The second kappa shape index (κ2) is 6.51. The normalized spacial score (nSPS) is 29.6. The van der Waals surface area contributed by atoms with E-state index in [1.54, 1.807) is 4.68 Å². The highest BCUT2D eigenvalue weighted by atomic mass is 19.2. The van der Waals surface area contributed by atoms with Crippen molar-refractivity contribution < 1.29 is 13.2 Å². The number of piperidine rings is 1. The number of hydrogen-bond acceptors (Lipinski definition) is 4. The van der Waals surface area contributed by atoms with Gasteiger partial charge in [0.1, 0.15) is 5.82 Å². The second-order valence-electron chi connectivity index (χ2n) is 7.90. The summed E-state index contributed by atoms with van der Waals surface area (Å²) in [5.41, 5.74) is 0.149. The summed E-state index contributed by atoms with van der Waals surface area (Å²) in [5, 5.41) is 11.5. The molecule has 3 heterocycles. The minimum atomic E-state index is -1.42. The quantitative estimate of drug-likeness (QED) is 0.808. The van der Waals surface area contributed by atoms with Crippen molar-refractivity contribution in [2.45, 2.75) is 44.2 Å². The first-order valence-corrected chi connectivity index (χ1v) is 9.67. The standard InChI is InChI=1S/C19H22F3N5/c20-14-6-5-12(15(21)16(14)22)13-2-1-7-27-18(13)25-19(26-27)24-17-10-3-4-11(17)9-23-8-10/h5-6,10-11,13,17,23H,1-4,7-9H2,(H,24,26)/t10-,11+,13?,17?. The Morgan fingerprint density at radius 1 is 1.04 bits per heavy atom. The molecule has 1 saturated heterocycles. The Morgan fingerprint density at radius 2 is 1.81 bits per heavy atom. The molecular weight excluding hydrogens is 355 g/mol. The summed E-state index contributed by atoms with van der Waals surface area (Å²) >= 11 is 0. The zero-order chi connectivity index (χ0) is 18.5. The van der Waals surface area contributed by atoms with E-state index in [0.717, 1.165) is 25.6 Å². The third-order valence-corrected chi connectivity index (χ3v) is 6.35. The van der Waals surface area contributed by atoms with Gasteiger partial charge in [-0.15, -0.1) is 5.10 Å². The van der Waals surface area contributed by atoms with Crippen LogP contribution in [0.15, 0.2) is 12.1 Å². The van der Waals surface area contributed by atoms with Crippen LogP contribution < -0.4 is 10.6 Å². The molecule has 5 rings (SSSR count). The predicted octanol–water partition coefficient (Wildman–Crippen LogP) is 3.03. The van der Waals surface area contributed by atoms with Crippen LogP contribution in [0.1, 0.15) is 43.0 Å². The Balaban J connectivity index is 1.44. The summed E-state index contributed by atoms with van der Waals surface area (Å²) in [6.45, 7) is 2.71. The number of rotatable bonds is 3. The number of aryl methyl sites for hydroxylation is 1. The van der Waals surface area contributed by atoms with Crippen LogP contribution in [0, 0.1) is 29.3 Å². The fourth-order valence-corrected chi connectivity index (χ4v) is 4.99. The van der Waals surface area contributed by atoms with Gasteiger partial charge in [-0.25, -0.2) is 17.9 Å². The molecule has 0 spiro atoms. The first-order chi connectivity index (χ1) is 13.1. The summed E-state index contributed by atoms with van der Waals surface area (Å²) < 4.78 is 43.1. The van der Waals surface area contributed by atoms with E-state index in [2.05, 4.69) is 20.7 Å². The average Bonchev–Trinajstić information content (AvgIpc) is 3.16. The molecule has 27 heavy (non-hydrogen) atoms. The summed E-state index contributed by atoms with van der Waals surface area (Å²) in [7, 11) is 0. The number of benzene rings is 1.